The summed E-state index contributed by atoms with van der Waals surface area (Å²) in [5.41, 5.74) is 0. The molecule has 0 saturated carbocycles. The van der Waals surface area contributed by atoms with Crippen molar-refractivity contribution in [2.75, 3.05) is 6.54 Å². The molecule has 1 unspecified atom stereocenters. The molecule has 0 aromatic heterocycles. The van der Waals surface area contributed by atoms with Crippen LogP contribution in [0.1, 0.15) is 19.8 Å². The molecule has 8 heavy (non-hydrogen) atoms. The van der Waals surface area contributed by atoms with Crippen LogP contribution in [0.5, 0.6) is 0 Å². The molecule has 0 radical (unpaired) electrons. The third-order valence-electron chi connectivity index (χ3n) is 1.36. The number of hydrogen-bond donors (Lipinski definition) is 1. The third-order valence-corrected chi connectivity index (χ3v) is 1.36. The van der Waals surface area contributed by atoms with Crippen molar-refractivity contribution in [3.63, 3.8) is 0 Å². The SMILES string of the molecule is CC1C[CH-]CCN1.[W]. The van der Waals surface area contributed by atoms with Crippen LogP contribution in [0.15, 0.2) is 0 Å². The molecule has 1 aliphatic heterocycles. The average Bonchev–Trinajstić information content (AvgIpc) is 1.69. The van der Waals surface area contributed by atoms with Gasteiger partial charge in [-0.1, -0.05) is 6.92 Å². The van der Waals surface area contributed by atoms with Crippen LogP contribution in [0.4, 0.5) is 0 Å². The topological polar surface area (TPSA) is 12.0 Å². The normalized spacial score (nSPS) is 28.9. The zero-order chi connectivity index (χ0) is 5.11. The van der Waals surface area contributed by atoms with Crippen molar-refractivity contribution >= 4 is 0 Å². The van der Waals surface area contributed by atoms with Crippen molar-refractivity contribution in [3.8, 4) is 0 Å². The van der Waals surface area contributed by atoms with E-state index < -0.39 is 0 Å². The van der Waals surface area contributed by atoms with Crippen LogP contribution in [-0.4, -0.2) is 12.6 Å². The van der Waals surface area contributed by atoms with E-state index in [4.69, 9.17) is 0 Å². The fourth-order valence-corrected chi connectivity index (χ4v) is 0.883. The van der Waals surface area contributed by atoms with E-state index in [0.29, 0.717) is 0 Å². The van der Waals surface area contributed by atoms with Gasteiger partial charge in [0.05, 0.1) is 0 Å². The molecule has 1 N–H and O–H groups in total. The Morgan fingerprint density at radius 2 is 2.38 bits per heavy atom. The maximum atomic E-state index is 3.35. The van der Waals surface area contributed by atoms with E-state index >= 15 is 0 Å². The maximum absolute atomic E-state index is 3.35. The fraction of sp³-hybridized carbons (Fsp3) is 0.833. The Labute approximate surface area is 65.5 Å². The molecule has 1 rings (SSSR count). The molecule has 2 heteroatoms. The van der Waals surface area contributed by atoms with Crippen LogP contribution in [0, 0.1) is 6.42 Å². The van der Waals surface area contributed by atoms with Gasteiger partial charge < -0.3 is 11.7 Å². The quantitative estimate of drug-likeness (QED) is 0.653. The van der Waals surface area contributed by atoms with E-state index in [0.717, 1.165) is 6.04 Å². The minimum absolute atomic E-state index is 0. The standard InChI is InChI=1S/C6H12N.W/c1-6-4-2-3-5-7-6;/h2,6-7H,3-5H2,1H3;/q-1;. The van der Waals surface area contributed by atoms with Crippen molar-refractivity contribution in [1.29, 1.82) is 0 Å². The number of nitrogens with one attached hydrogen (secondary N) is 1. The zero-order valence-electron chi connectivity index (χ0n) is 5.18. The molecule has 0 aromatic carbocycles. The first-order chi connectivity index (χ1) is 3.39. The molecule has 1 saturated heterocycles. The Kier molecular flexibility index (Phi) is 4.89. The average molecular weight is 282 g/mol. The van der Waals surface area contributed by atoms with Crippen LogP contribution >= 0.6 is 0 Å². The summed E-state index contributed by atoms with van der Waals surface area (Å²) in [4.78, 5) is 0. The van der Waals surface area contributed by atoms with Crippen LogP contribution in [0.25, 0.3) is 0 Å². The molecule has 1 heterocycles. The molecular weight excluding hydrogens is 270 g/mol. The van der Waals surface area contributed by atoms with Gasteiger partial charge in [-0.25, -0.2) is 0 Å². The number of hydrogen-bond acceptors (Lipinski definition) is 1. The smallest absolute Gasteiger partial charge is 0 e. The van der Waals surface area contributed by atoms with Gasteiger partial charge in [0.25, 0.3) is 0 Å². The first kappa shape index (κ1) is 8.65. The largest absolute Gasteiger partial charge is 0.326 e. The second-order valence-electron chi connectivity index (χ2n) is 2.17. The summed E-state index contributed by atoms with van der Waals surface area (Å²) in [7, 11) is 0. The molecule has 1 fully saturated rings. The monoisotopic (exact) mass is 282 g/mol. The maximum Gasteiger partial charge on any atom is 0 e. The van der Waals surface area contributed by atoms with Gasteiger partial charge in [-0.15, -0.1) is 0 Å². The summed E-state index contributed by atoms with van der Waals surface area (Å²) in [6.07, 6.45) is 4.85. The van der Waals surface area contributed by atoms with E-state index in [1.807, 2.05) is 0 Å². The predicted molar refractivity (Wildman–Crippen MR) is 31.0 cm³/mol. The third kappa shape index (κ3) is 2.84. The molecule has 1 aliphatic rings. The van der Waals surface area contributed by atoms with E-state index in [-0.39, 0.29) is 21.1 Å². The first-order valence-corrected chi connectivity index (χ1v) is 2.94. The predicted octanol–water partition coefficient (Wildman–Crippen LogP) is 0.960. The van der Waals surface area contributed by atoms with Crippen molar-refractivity contribution in [3.05, 3.63) is 6.42 Å². The van der Waals surface area contributed by atoms with E-state index in [9.17, 15) is 0 Å². The summed E-state index contributed by atoms with van der Waals surface area (Å²) in [5.74, 6) is 0. The van der Waals surface area contributed by atoms with Gasteiger partial charge in [0.2, 0.25) is 0 Å². The van der Waals surface area contributed by atoms with Crippen LogP contribution < -0.4 is 5.32 Å². The molecule has 0 spiro atoms. The molecule has 0 aliphatic carbocycles. The minimum atomic E-state index is 0. The molecule has 0 bridgehead atoms. The van der Waals surface area contributed by atoms with E-state index in [2.05, 4.69) is 18.7 Å². The summed E-state index contributed by atoms with van der Waals surface area (Å²) in [6.45, 7) is 3.40. The Morgan fingerprint density at radius 1 is 1.62 bits per heavy atom. The zero-order valence-corrected chi connectivity index (χ0v) is 8.12. The first-order valence-electron chi connectivity index (χ1n) is 2.94. The van der Waals surface area contributed by atoms with Gasteiger partial charge in [-0.2, -0.15) is 12.8 Å². The van der Waals surface area contributed by atoms with E-state index in [1.54, 1.807) is 0 Å². The van der Waals surface area contributed by atoms with Crippen molar-refractivity contribution in [2.24, 2.45) is 0 Å². The van der Waals surface area contributed by atoms with E-state index in [1.165, 1.54) is 19.4 Å². The Balaban J connectivity index is 0.000000490. The molecule has 1 nitrogen and oxygen atoms in total. The molecule has 1 atom stereocenters. The van der Waals surface area contributed by atoms with Gasteiger partial charge in [0, 0.05) is 21.1 Å². The molecule has 0 aromatic rings. The van der Waals surface area contributed by atoms with Gasteiger partial charge >= 0.3 is 0 Å². The van der Waals surface area contributed by atoms with Crippen molar-refractivity contribution < 1.29 is 21.1 Å². The van der Waals surface area contributed by atoms with Crippen LogP contribution in [0.3, 0.4) is 0 Å². The summed E-state index contributed by atoms with van der Waals surface area (Å²) < 4.78 is 0. The van der Waals surface area contributed by atoms with Crippen molar-refractivity contribution in [2.45, 2.75) is 25.8 Å². The Hall–Kier alpha value is 0.648. The second kappa shape index (κ2) is 4.52. The molecule has 0 amide bonds. The minimum Gasteiger partial charge on any atom is -0.326 e. The van der Waals surface area contributed by atoms with Gasteiger partial charge in [-0.3, -0.25) is 0 Å². The molecular formula is C6H12NW-. The van der Waals surface area contributed by atoms with Crippen molar-refractivity contribution in [1.82, 2.24) is 5.32 Å². The van der Waals surface area contributed by atoms with Gasteiger partial charge in [0.1, 0.15) is 0 Å². The summed E-state index contributed by atoms with van der Waals surface area (Å²) in [6, 6.07) is 0.730. The Morgan fingerprint density at radius 3 is 2.62 bits per heavy atom. The summed E-state index contributed by atoms with van der Waals surface area (Å²) >= 11 is 0. The van der Waals surface area contributed by atoms with Gasteiger partial charge in [0.15, 0.2) is 0 Å². The van der Waals surface area contributed by atoms with Crippen LogP contribution in [0.2, 0.25) is 0 Å². The fourth-order valence-electron chi connectivity index (χ4n) is 0.883. The number of piperidine rings is 1. The number of rotatable bonds is 0. The van der Waals surface area contributed by atoms with Crippen LogP contribution in [-0.2, 0) is 21.1 Å². The Bertz CT molecular complexity index is 50.5. The van der Waals surface area contributed by atoms with Gasteiger partial charge in [-0.05, 0) is 12.6 Å². The second-order valence-corrected chi connectivity index (χ2v) is 2.17. The summed E-state index contributed by atoms with van der Waals surface area (Å²) in [5, 5.41) is 3.35. The molecule has 48 valence electrons.